The van der Waals surface area contributed by atoms with Gasteiger partial charge in [-0.1, -0.05) is 36.4 Å². The number of anilines is 2. The Morgan fingerprint density at radius 2 is 1.46 bits per heavy atom. The Bertz CT molecular complexity index is 767. The van der Waals surface area contributed by atoms with Crippen molar-refractivity contribution in [3.63, 3.8) is 0 Å². The van der Waals surface area contributed by atoms with Gasteiger partial charge in [0.05, 0.1) is 22.9 Å². The molecule has 24 heavy (non-hydrogen) atoms. The van der Waals surface area contributed by atoms with Gasteiger partial charge >= 0.3 is 6.03 Å². The van der Waals surface area contributed by atoms with Crippen LogP contribution in [0.25, 0.3) is 0 Å². The molecule has 126 valence electrons. The molecule has 3 rings (SSSR count). The van der Waals surface area contributed by atoms with Crippen LogP contribution in [0.15, 0.2) is 60.7 Å². The van der Waals surface area contributed by atoms with Gasteiger partial charge in [0.25, 0.3) is 0 Å². The van der Waals surface area contributed by atoms with Crippen molar-refractivity contribution in [3.05, 3.63) is 60.7 Å². The number of sulfone groups is 1. The number of para-hydroxylation sites is 2. The summed E-state index contributed by atoms with van der Waals surface area (Å²) in [5.74, 6) is 0.179. The van der Waals surface area contributed by atoms with E-state index in [9.17, 15) is 13.2 Å². The smallest absolute Gasteiger partial charge is 0.323 e. The Morgan fingerprint density at radius 3 is 1.88 bits per heavy atom. The van der Waals surface area contributed by atoms with Crippen molar-refractivity contribution in [1.82, 2.24) is 4.90 Å². The van der Waals surface area contributed by atoms with Crippen molar-refractivity contribution in [3.8, 4) is 0 Å². The summed E-state index contributed by atoms with van der Waals surface area (Å²) in [6, 6.07) is 18.2. The molecule has 6 heteroatoms. The van der Waals surface area contributed by atoms with E-state index in [0.29, 0.717) is 6.42 Å². The number of urea groups is 1. The third-order valence-corrected chi connectivity index (χ3v) is 6.03. The summed E-state index contributed by atoms with van der Waals surface area (Å²) in [5, 5.41) is 0. The van der Waals surface area contributed by atoms with E-state index < -0.39 is 9.84 Å². The van der Waals surface area contributed by atoms with Crippen LogP contribution in [-0.4, -0.2) is 43.9 Å². The van der Waals surface area contributed by atoms with E-state index in [4.69, 9.17) is 0 Å². The van der Waals surface area contributed by atoms with Crippen molar-refractivity contribution in [2.75, 3.05) is 23.5 Å². The zero-order valence-corrected chi connectivity index (χ0v) is 14.3. The molecule has 0 N–H and O–H groups in total. The molecule has 1 saturated heterocycles. The summed E-state index contributed by atoms with van der Waals surface area (Å²) in [4.78, 5) is 16.3. The van der Waals surface area contributed by atoms with Gasteiger partial charge in [-0.3, -0.25) is 4.90 Å². The summed E-state index contributed by atoms with van der Waals surface area (Å²) in [7, 11) is -1.37. The summed E-state index contributed by atoms with van der Waals surface area (Å²) in [5.41, 5.74) is 1.50. The predicted molar refractivity (Wildman–Crippen MR) is 95.2 cm³/mol. The molecule has 1 aliphatic heterocycles. The van der Waals surface area contributed by atoms with Crippen LogP contribution >= 0.6 is 0 Å². The molecular weight excluding hydrogens is 324 g/mol. The monoisotopic (exact) mass is 344 g/mol. The summed E-state index contributed by atoms with van der Waals surface area (Å²) >= 11 is 0. The maximum absolute atomic E-state index is 13.1. The normalized spacial score (nSPS) is 19.0. The van der Waals surface area contributed by atoms with Gasteiger partial charge in [-0.25, -0.2) is 13.2 Å². The van der Waals surface area contributed by atoms with Gasteiger partial charge in [0.15, 0.2) is 9.84 Å². The van der Waals surface area contributed by atoms with Gasteiger partial charge in [0.2, 0.25) is 0 Å². The minimum atomic E-state index is -3.04. The average Bonchev–Trinajstić information content (AvgIpc) is 2.96. The van der Waals surface area contributed by atoms with E-state index in [-0.39, 0.29) is 23.6 Å². The average molecular weight is 344 g/mol. The van der Waals surface area contributed by atoms with E-state index in [2.05, 4.69) is 0 Å². The highest BCUT2D eigenvalue weighted by Gasteiger charge is 2.35. The Kier molecular flexibility index (Phi) is 4.57. The molecule has 0 aromatic heterocycles. The molecule has 2 aromatic carbocycles. The predicted octanol–water partition coefficient (Wildman–Crippen LogP) is 3.06. The minimum Gasteiger partial charge on any atom is -0.323 e. The molecule has 1 heterocycles. The van der Waals surface area contributed by atoms with Crippen LogP contribution in [0, 0.1) is 0 Å². The van der Waals surface area contributed by atoms with E-state index >= 15 is 0 Å². The molecule has 2 aromatic rings. The first-order valence-corrected chi connectivity index (χ1v) is 9.67. The molecule has 0 saturated carbocycles. The zero-order chi connectivity index (χ0) is 17.2. The number of carbonyl (C=O) groups is 1. The summed E-state index contributed by atoms with van der Waals surface area (Å²) < 4.78 is 23.5. The molecule has 1 atom stereocenters. The van der Waals surface area contributed by atoms with Gasteiger partial charge in [0, 0.05) is 13.1 Å². The highest BCUT2D eigenvalue weighted by Crippen LogP contribution is 2.28. The fourth-order valence-electron chi connectivity index (χ4n) is 2.92. The molecule has 5 nitrogen and oxygen atoms in total. The topological polar surface area (TPSA) is 57.7 Å². The Morgan fingerprint density at radius 1 is 0.958 bits per heavy atom. The maximum Gasteiger partial charge on any atom is 0.329 e. The summed E-state index contributed by atoms with van der Waals surface area (Å²) in [6.45, 7) is 0. The van der Waals surface area contributed by atoms with E-state index in [1.54, 1.807) is 16.8 Å². The third-order valence-electron chi connectivity index (χ3n) is 4.28. The highest BCUT2D eigenvalue weighted by atomic mass is 32.2. The van der Waals surface area contributed by atoms with Crippen LogP contribution in [0.4, 0.5) is 16.2 Å². The van der Waals surface area contributed by atoms with Crippen molar-refractivity contribution in [1.29, 1.82) is 0 Å². The van der Waals surface area contributed by atoms with Gasteiger partial charge in [-0.15, -0.1) is 0 Å². The second-order valence-corrected chi connectivity index (χ2v) is 8.19. The van der Waals surface area contributed by atoms with Crippen molar-refractivity contribution in [2.24, 2.45) is 0 Å². The SMILES string of the molecule is CN(C(=O)N(c1ccccc1)c1ccccc1)C1CCS(=O)(=O)C1. The second-order valence-electron chi connectivity index (χ2n) is 5.96. The number of carbonyl (C=O) groups excluding carboxylic acids is 1. The lowest BCUT2D eigenvalue weighted by atomic mass is 10.2. The Hall–Kier alpha value is -2.34. The number of amides is 2. The highest BCUT2D eigenvalue weighted by molar-refractivity contribution is 7.91. The quantitative estimate of drug-likeness (QED) is 0.860. The van der Waals surface area contributed by atoms with Gasteiger partial charge in [-0.2, -0.15) is 0 Å². The molecule has 1 unspecified atom stereocenters. The van der Waals surface area contributed by atoms with Crippen LogP contribution < -0.4 is 4.90 Å². The molecule has 1 fully saturated rings. The molecule has 1 aliphatic rings. The lowest BCUT2D eigenvalue weighted by molar-refractivity contribution is 0.204. The van der Waals surface area contributed by atoms with Gasteiger partial charge < -0.3 is 4.90 Å². The number of hydrogen-bond acceptors (Lipinski definition) is 3. The van der Waals surface area contributed by atoms with Crippen LogP contribution in [0.2, 0.25) is 0 Å². The van der Waals surface area contributed by atoms with Crippen LogP contribution in [0.1, 0.15) is 6.42 Å². The van der Waals surface area contributed by atoms with Crippen molar-refractivity contribution < 1.29 is 13.2 Å². The Balaban J connectivity index is 1.92. The zero-order valence-electron chi connectivity index (χ0n) is 13.5. The fourth-order valence-corrected chi connectivity index (χ4v) is 4.69. The molecule has 0 spiro atoms. The number of nitrogens with zero attached hydrogens (tertiary/aromatic N) is 2. The molecule has 0 aliphatic carbocycles. The lowest BCUT2D eigenvalue weighted by Gasteiger charge is -2.31. The fraction of sp³-hybridized carbons (Fsp3) is 0.278. The van der Waals surface area contributed by atoms with Crippen LogP contribution in [-0.2, 0) is 9.84 Å². The van der Waals surface area contributed by atoms with E-state index in [1.807, 2.05) is 60.7 Å². The standard InChI is InChI=1S/C18H20N2O3S/c1-19(17-12-13-24(22,23)14-17)18(21)20(15-8-4-2-5-9-15)16-10-6-3-7-11-16/h2-11,17H,12-14H2,1H3. The molecule has 2 amide bonds. The first kappa shape index (κ1) is 16.5. The first-order valence-electron chi connectivity index (χ1n) is 7.85. The largest absolute Gasteiger partial charge is 0.329 e. The number of benzene rings is 2. The van der Waals surface area contributed by atoms with Crippen molar-refractivity contribution >= 4 is 27.2 Å². The van der Waals surface area contributed by atoms with Crippen LogP contribution in [0.3, 0.4) is 0 Å². The summed E-state index contributed by atoms with van der Waals surface area (Å²) in [6.07, 6.45) is 0.488. The molecule has 0 bridgehead atoms. The van der Waals surface area contributed by atoms with Gasteiger partial charge in [-0.05, 0) is 30.7 Å². The van der Waals surface area contributed by atoms with Crippen LogP contribution in [0.5, 0.6) is 0 Å². The first-order chi connectivity index (χ1) is 11.5. The van der Waals surface area contributed by atoms with Gasteiger partial charge in [0.1, 0.15) is 0 Å². The van der Waals surface area contributed by atoms with Crippen molar-refractivity contribution in [2.45, 2.75) is 12.5 Å². The lowest BCUT2D eigenvalue weighted by Crippen LogP contribution is -2.44. The van der Waals surface area contributed by atoms with E-state index in [1.165, 1.54) is 0 Å². The number of hydrogen-bond donors (Lipinski definition) is 0. The minimum absolute atomic E-state index is 0.0344. The second kappa shape index (κ2) is 6.65. The number of rotatable bonds is 3. The molecule has 0 radical (unpaired) electrons. The third kappa shape index (κ3) is 3.43. The maximum atomic E-state index is 13.1. The molecular formula is C18H20N2O3S. The Labute approximate surface area is 142 Å². The van der Waals surface area contributed by atoms with E-state index in [0.717, 1.165) is 11.4 Å².